The van der Waals surface area contributed by atoms with Crippen LogP contribution in [-0.2, 0) is 23.1 Å². The summed E-state index contributed by atoms with van der Waals surface area (Å²) < 4.78 is 28.9. The van der Waals surface area contributed by atoms with Gasteiger partial charge in [-0.15, -0.1) is 0 Å². The largest absolute Gasteiger partial charge is 0.506 e. The van der Waals surface area contributed by atoms with Crippen LogP contribution in [0.1, 0.15) is 27.8 Å². The molecular weight excluding hydrogens is 522 g/mol. The van der Waals surface area contributed by atoms with Gasteiger partial charge in [0.25, 0.3) is 0 Å². The molecule has 1 heterocycles. The van der Waals surface area contributed by atoms with Gasteiger partial charge in [0.2, 0.25) is 10.0 Å². The van der Waals surface area contributed by atoms with E-state index >= 15 is 0 Å². The first kappa shape index (κ1) is 23.4. The van der Waals surface area contributed by atoms with Crippen LogP contribution in [-0.4, -0.2) is 17.8 Å². The lowest BCUT2D eigenvalue weighted by molar-refractivity contribution is 0.430. The van der Waals surface area contributed by atoms with Crippen LogP contribution in [0.5, 0.6) is 5.75 Å². The topological polar surface area (TPSA) is 57.6 Å². The summed E-state index contributed by atoms with van der Waals surface area (Å²) in [5, 5.41) is 11.2. The van der Waals surface area contributed by atoms with Gasteiger partial charge in [-0.2, -0.15) is 4.31 Å². The van der Waals surface area contributed by atoms with E-state index in [1.165, 1.54) is 4.31 Å². The van der Waals surface area contributed by atoms with E-state index in [2.05, 4.69) is 27.8 Å². The molecule has 0 spiro atoms. The van der Waals surface area contributed by atoms with Crippen molar-refractivity contribution in [2.75, 3.05) is 0 Å². The third-order valence-corrected chi connectivity index (χ3v) is 8.78. The second-order valence-corrected chi connectivity index (χ2v) is 11.2. The molecule has 1 aliphatic rings. The highest BCUT2D eigenvalue weighted by atomic mass is 79.9. The second-order valence-electron chi connectivity index (χ2n) is 8.44. The number of halogens is 1. The van der Waals surface area contributed by atoms with Crippen molar-refractivity contribution in [1.29, 1.82) is 0 Å². The maximum atomic E-state index is 13.5. The van der Waals surface area contributed by atoms with Gasteiger partial charge in [0.15, 0.2) is 0 Å². The molecule has 4 aromatic carbocycles. The molecule has 6 heteroatoms. The first-order valence-electron chi connectivity index (χ1n) is 11.1. The molecule has 1 aliphatic heterocycles. The Kier molecular flexibility index (Phi) is 6.24. The highest BCUT2D eigenvalue weighted by Crippen LogP contribution is 2.46. The molecule has 0 unspecified atom stereocenters. The fraction of sp³-hybridized carbons (Fsp3) is 0.103. The molecule has 0 saturated carbocycles. The van der Waals surface area contributed by atoms with Crippen LogP contribution in [0, 0.1) is 18.8 Å². The van der Waals surface area contributed by atoms with Gasteiger partial charge in [0, 0.05) is 29.8 Å². The van der Waals surface area contributed by atoms with Crippen molar-refractivity contribution in [2.45, 2.75) is 24.9 Å². The lowest BCUT2D eigenvalue weighted by Crippen LogP contribution is -2.25. The van der Waals surface area contributed by atoms with E-state index in [9.17, 15) is 13.5 Å². The standard InChI is InChI=1S/C29H22BrNO3S/c1-20-12-15-23(16-13-20)35(33,34)31-18-25-24(17-14-21-8-4-2-5-9-21)27(22-10-6-3-7-11-22)29(32)28(30)26(25)19-31/h2-13,15-16,32H,18-19H2,1H3. The van der Waals surface area contributed by atoms with Crippen molar-refractivity contribution in [3.05, 3.63) is 117 Å². The summed E-state index contributed by atoms with van der Waals surface area (Å²) in [6.45, 7) is 2.24. The fourth-order valence-electron chi connectivity index (χ4n) is 4.26. The summed E-state index contributed by atoms with van der Waals surface area (Å²) in [5.41, 5.74) is 5.40. The van der Waals surface area contributed by atoms with Crippen LogP contribution in [0.2, 0.25) is 0 Å². The molecule has 5 rings (SSSR count). The summed E-state index contributed by atoms with van der Waals surface area (Å²) in [6, 6.07) is 26.0. The van der Waals surface area contributed by atoms with E-state index in [-0.39, 0.29) is 23.7 Å². The quantitative estimate of drug-likeness (QED) is 0.311. The summed E-state index contributed by atoms with van der Waals surface area (Å²) in [5.74, 6) is 6.52. The number of benzene rings is 4. The fourth-order valence-corrected chi connectivity index (χ4v) is 6.20. The summed E-state index contributed by atoms with van der Waals surface area (Å²) in [7, 11) is -3.73. The minimum atomic E-state index is -3.73. The van der Waals surface area contributed by atoms with Crippen LogP contribution in [0.3, 0.4) is 0 Å². The Morgan fingerprint density at radius 1 is 0.829 bits per heavy atom. The SMILES string of the molecule is Cc1ccc(S(=O)(=O)N2Cc3c(Br)c(O)c(-c4ccccc4)c(C#Cc4ccccc4)c3C2)cc1. The van der Waals surface area contributed by atoms with E-state index in [4.69, 9.17) is 0 Å². The zero-order valence-electron chi connectivity index (χ0n) is 19.0. The van der Waals surface area contributed by atoms with E-state index in [1.54, 1.807) is 24.3 Å². The van der Waals surface area contributed by atoms with Gasteiger partial charge in [-0.3, -0.25) is 0 Å². The van der Waals surface area contributed by atoms with Crippen molar-refractivity contribution in [3.63, 3.8) is 0 Å². The molecule has 0 aromatic heterocycles. The van der Waals surface area contributed by atoms with Crippen molar-refractivity contribution in [3.8, 4) is 28.7 Å². The zero-order valence-corrected chi connectivity index (χ0v) is 21.4. The van der Waals surface area contributed by atoms with Gasteiger partial charge in [0.05, 0.1) is 9.37 Å². The van der Waals surface area contributed by atoms with Gasteiger partial charge in [-0.25, -0.2) is 8.42 Å². The van der Waals surface area contributed by atoms with E-state index in [0.29, 0.717) is 15.6 Å². The summed E-state index contributed by atoms with van der Waals surface area (Å²) in [4.78, 5) is 0.247. The zero-order chi connectivity index (χ0) is 24.6. The van der Waals surface area contributed by atoms with Gasteiger partial charge >= 0.3 is 0 Å². The van der Waals surface area contributed by atoms with Gasteiger partial charge in [-0.1, -0.05) is 78.1 Å². The highest BCUT2D eigenvalue weighted by molar-refractivity contribution is 9.10. The first-order chi connectivity index (χ1) is 16.9. The Balaban J connectivity index is 1.68. The van der Waals surface area contributed by atoms with Gasteiger partial charge in [0.1, 0.15) is 5.75 Å². The normalized spacial score (nSPS) is 13.2. The second kappa shape index (κ2) is 9.35. The number of aromatic hydroxyl groups is 1. The molecule has 1 N–H and O–H groups in total. The minimum Gasteiger partial charge on any atom is -0.506 e. The van der Waals surface area contributed by atoms with Crippen molar-refractivity contribution in [2.24, 2.45) is 0 Å². The average molecular weight is 544 g/mol. The van der Waals surface area contributed by atoms with Gasteiger partial charge < -0.3 is 5.11 Å². The lowest BCUT2D eigenvalue weighted by atomic mass is 9.92. The number of phenols is 1. The molecule has 0 radical (unpaired) electrons. The molecule has 174 valence electrons. The Morgan fingerprint density at radius 3 is 2.09 bits per heavy atom. The molecule has 0 bridgehead atoms. The van der Waals surface area contributed by atoms with Crippen LogP contribution in [0.15, 0.2) is 94.3 Å². The predicted molar refractivity (Wildman–Crippen MR) is 141 cm³/mol. The van der Waals surface area contributed by atoms with E-state index < -0.39 is 10.0 Å². The average Bonchev–Trinajstić information content (AvgIpc) is 3.33. The van der Waals surface area contributed by atoms with Crippen LogP contribution in [0.4, 0.5) is 0 Å². The van der Waals surface area contributed by atoms with Crippen LogP contribution in [0.25, 0.3) is 11.1 Å². The van der Waals surface area contributed by atoms with E-state index in [1.807, 2.05) is 67.6 Å². The van der Waals surface area contributed by atoms with E-state index in [0.717, 1.165) is 27.8 Å². The Hall–Kier alpha value is -3.37. The number of hydrogen-bond acceptors (Lipinski definition) is 3. The Morgan fingerprint density at radius 2 is 1.43 bits per heavy atom. The lowest BCUT2D eigenvalue weighted by Gasteiger charge is -2.16. The predicted octanol–water partition coefficient (Wildman–Crippen LogP) is 6.23. The number of sulfonamides is 1. The van der Waals surface area contributed by atoms with Crippen molar-refractivity contribution < 1.29 is 13.5 Å². The molecular formula is C29H22BrNO3S. The van der Waals surface area contributed by atoms with Gasteiger partial charge in [-0.05, 0) is 63.8 Å². The molecule has 4 nitrogen and oxygen atoms in total. The molecule has 0 saturated heterocycles. The summed E-state index contributed by atoms with van der Waals surface area (Å²) >= 11 is 3.55. The highest BCUT2D eigenvalue weighted by Gasteiger charge is 2.35. The molecule has 0 amide bonds. The number of rotatable bonds is 3. The molecule has 0 atom stereocenters. The molecule has 0 aliphatic carbocycles. The first-order valence-corrected chi connectivity index (χ1v) is 13.3. The maximum absolute atomic E-state index is 13.5. The van der Waals surface area contributed by atoms with Crippen molar-refractivity contribution >= 4 is 26.0 Å². The number of aryl methyl sites for hydroxylation is 1. The third kappa shape index (κ3) is 4.39. The smallest absolute Gasteiger partial charge is 0.243 e. The number of phenolic OH excluding ortho intramolecular Hbond substituents is 1. The third-order valence-electron chi connectivity index (χ3n) is 6.12. The summed E-state index contributed by atoms with van der Waals surface area (Å²) in [6.07, 6.45) is 0. The molecule has 35 heavy (non-hydrogen) atoms. The Labute approximate surface area is 214 Å². The molecule has 0 fully saturated rings. The monoisotopic (exact) mass is 543 g/mol. The number of fused-ring (bicyclic) bond motifs is 1. The molecule has 4 aromatic rings. The Bertz CT molecular complexity index is 1570. The number of nitrogens with zero attached hydrogens (tertiary/aromatic N) is 1. The maximum Gasteiger partial charge on any atom is 0.243 e. The number of hydrogen-bond donors (Lipinski definition) is 1. The minimum absolute atomic E-state index is 0.0573. The van der Waals surface area contributed by atoms with Crippen LogP contribution >= 0.6 is 15.9 Å². The van der Waals surface area contributed by atoms with Crippen molar-refractivity contribution in [1.82, 2.24) is 4.31 Å². The van der Waals surface area contributed by atoms with Crippen LogP contribution < -0.4 is 0 Å².